The smallest absolute Gasteiger partial charge is 0.322 e. The van der Waals surface area contributed by atoms with Crippen LogP contribution in [0.4, 0.5) is 10.5 Å². The zero-order chi connectivity index (χ0) is 16.5. The fourth-order valence-electron chi connectivity index (χ4n) is 2.02. The number of hydrogen-bond acceptors (Lipinski definition) is 3. The van der Waals surface area contributed by atoms with Gasteiger partial charge in [0.15, 0.2) is 5.75 Å². The summed E-state index contributed by atoms with van der Waals surface area (Å²) in [6.07, 6.45) is 1.61. The third kappa shape index (κ3) is 4.86. The van der Waals surface area contributed by atoms with Crippen LogP contribution in [-0.4, -0.2) is 35.7 Å². The molecular formula is C18H20N2O3. The average Bonchev–Trinajstić information content (AvgIpc) is 2.57. The second-order valence-corrected chi connectivity index (χ2v) is 4.80. The van der Waals surface area contributed by atoms with Crippen molar-refractivity contribution in [1.29, 1.82) is 0 Å². The summed E-state index contributed by atoms with van der Waals surface area (Å²) in [5.41, 5.74) is 0.563. The van der Waals surface area contributed by atoms with Crippen LogP contribution in [0.2, 0.25) is 0 Å². The van der Waals surface area contributed by atoms with Crippen LogP contribution < -0.4 is 10.1 Å². The maximum absolute atomic E-state index is 12.3. The molecule has 0 aromatic heterocycles. The van der Waals surface area contributed by atoms with Crippen LogP contribution in [0.15, 0.2) is 67.3 Å². The van der Waals surface area contributed by atoms with Gasteiger partial charge in [0.1, 0.15) is 5.75 Å². The minimum atomic E-state index is -0.317. The first kappa shape index (κ1) is 16.6. The molecule has 2 rings (SSSR count). The van der Waals surface area contributed by atoms with E-state index in [1.165, 1.54) is 4.90 Å². The van der Waals surface area contributed by atoms with Crippen molar-refractivity contribution in [2.24, 2.45) is 0 Å². The van der Waals surface area contributed by atoms with Gasteiger partial charge in [-0.2, -0.15) is 0 Å². The Bertz CT molecular complexity index is 644. The zero-order valence-electron chi connectivity index (χ0n) is 12.8. The molecule has 0 bridgehead atoms. The van der Waals surface area contributed by atoms with Crippen molar-refractivity contribution in [1.82, 2.24) is 4.90 Å². The molecule has 2 amide bonds. The summed E-state index contributed by atoms with van der Waals surface area (Å²) in [6, 6.07) is 16.2. The number of benzene rings is 2. The molecule has 0 saturated heterocycles. The van der Waals surface area contributed by atoms with Gasteiger partial charge in [-0.1, -0.05) is 36.4 Å². The Morgan fingerprint density at radius 2 is 1.87 bits per heavy atom. The lowest BCUT2D eigenvalue weighted by atomic mass is 10.3. The highest BCUT2D eigenvalue weighted by molar-refractivity contribution is 5.91. The first-order chi connectivity index (χ1) is 11.2. The van der Waals surface area contributed by atoms with Gasteiger partial charge in [0.25, 0.3) is 0 Å². The number of aliphatic hydroxyl groups excluding tert-OH is 1. The maximum atomic E-state index is 12.3. The third-order valence-electron chi connectivity index (χ3n) is 3.11. The van der Waals surface area contributed by atoms with Crippen LogP contribution in [0.3, 0.4) is 0 Å². The molecule has 5 heteroatoms. The van der Waals surface area contributed by atoms with E-state index in [0.29, 0.717) is 23.7 Å². The van der Waals surface area contributed by atoms with E-state index in [9.17, 15) is 4.79 Å². The van der Waals surface area contributed by atoms with Crippen LogP contribution >= 0.6 is 0 Å². The van der Waals surface area contributed by atoms with Crippen LogP contribution in [-0.2, 0) is 0 Å². The summed E-state index contributed by atoms with van der Waals surface area (Å²) in [6.45, 7) is 4.10. The highest BCUT2D eigenvalue weighted by atomic mass is 16.5. The van der Waals surface area contributed by atoms with Crippen LogP contribution in [0.25, 0.3) is 0 Å². The standard InChI is InChI=1S/C18H20N2O3/c1-2-12-20(13-14-21)18(22)19-16-10-6-7-11-17(16)23-15-8-4-3-5-9-15/h2-11,21H,1,12-14H2,(H,19,22). The molecule has 0 aliphatic rings. The lowest BCUT2D eigenvalue weighted by Crippen LogP contribution is -2.37. The highest BCUT2D eigenvalue weighted by Gasteiger charge is 2.14. The summed E-state index contributed by atoms with van der Waals surface area (Å²) < 4.78 is 5.81. The van der Waals surface area contributed by atoms with Gasteiger partial charge in [-0.05, 0) is 24.3 Å². The van der Waals surface area contributed by atoms with E-state index < -0.39 is 0 Å². The van der Waals surface area contributed by atoms with Gasteiger partial charge in [-0.25, -0.2) is 4.79 Å². The maximum Gasteiger partial charge on any atom is 0.322 e. The molecule has 0 aliphatic heterocycles. The molecule has 0 heterocycles. The lowest BCUT2D eigenvalue weighted by molar-refractivity contribution is 0.195. The second kappa shape index (κ2) is 8.60. The van der Waals surface area contributed by atoms with Gasteiger partial charge in [-0.15, -0.1) is 6.58 Å². The van der Waals surface area contributed by atoms with E-state index in [-0.39, 0.29) is 19.2 Å². The highest BCUT2D eigenvalue weighted by Crippen LogP contribution is 2.29. The molecule has 120 valence electrons. The van der Waals surface area contributed by atoms with Crippen molar-refractivity contribution in [3.05, 3.63) is 67.3 Å². The number of aliphatic hydroxyl groups is 1. The predicted molar refractivity (Wildman–Crippen MR) is 90.8 cm³/mol. The second-order valence-electron chi connectivity index (χ2n) is 4.80. The first-order valence-electron chi connectivity index (χ1n) is 7.34. The molecule has 2 aromatic carbocycles. The first-order valence-corrected chi connectivity index (χ1v) is 7.34. The van der Waals surface area contributed by atoms with Gasteiger partial charge < -0.3 is 20.1 Å². The Labute approximate surface area is 135 Å². The normalized spacial score (nSPS) is 9.96. The number of para-hydroxylation sites is 3. The summed E-state index contributed by atoms with van der Waals surface area (Å²) >= 11 is 0. The Morgan fingerprint density at radius 1 is 1.17 bits per heavy atom. The molecule has 0 saturated carbocycles. The summed E-state index contributed by atoms with van der Waals surface area (Å²) in [5.74, 6) is 1.24. The van der Waals surface area contributed by atoms with Crippen molar-refractivity contribution in [3.63, 3.8) is 0 Å². The Hall–Kier alpha value is -2.79. The molecule has 0 spiro atoms. The Morgan fingerprint density at radius 3 is 2.57 bits per heavy atom. The molecule has 0 atom stereocenters. The number of carbonyl (C=O) groups excluding carboxylic acids is 1. The third-order valence-corrected chi connectivity index (χ3v) is 3.11. The number of nitrogens with one attached hydrogen (secondary N) is 1. The van der Waals surface area contributed by atoms with Crippen molar-refractivity contribution in [2.45, 2.75) is 0 Å². The minimum Gasteiger partial charge on any atom is -0.455 e. The lowest BCUT2D eigenvalue weighted by Gasteiger charge is -2.21. The van der Waals surface area contributed by atoms with E-state index in [2.05, 4.69) is 11.9 Å². The van der Waals surface area contributed by atoms with Crippen LogP contribution in [0.5, 0.6) is 11.5 Å². The molecule has 5 nitrogen and oxygen atoms in total. The van der Waals surface area contributed by atoms with Crippen molar-refractivity contribution in [2.75, 3.05) is 25.0 Å². The fourth-order valence-corrected chi connectivity index (χ4v) is 2.02. The largest absolute Gasteiger partial charge is 0.455 e. The van der Waals surface area contributed by atoms with E-state index in [1.807, 2.05) is 42.5 Å². The number of amides is 2. The number of urea groups is 1. The number of nitrogens with zero attached hydrogens (tertiary/aromatic N) is 1. The summed E-state index contributed by atoms with van der Waals surface area (Å²) in [4.78, 5) is 13.8. The monoisotopic (exact) mass is 312 g/mol. The summed E-state index contributed by atoms with van der Waals surface area (Å²) in [5, 5.41) is 11.9. The van der Waals surface area contributed by atoms with Crippen LogP contribution in [0, 0.1) is 0 Å². The van der Waals surface area contributed by atoms with Gasteiger partial charge >= 0.3 is 6.03 Å². The van der Waals surface area contributed by atoms with Gasteiger partial charge in [0.05, 0.1) is 12.3 Å². The number of rotatable bonds is 7. The minimum absolute atomic E-state index is 0.108. The molecule has 0 radical (unpaired) electrons. The van der Waals surface area contributed by atoms with Gasteiger partial charge in [-0.3, -0.25) is 0 Å². The molecule has 23 heavy (non-hydrogen) atoms. The Kier molecular flexibility index (Phi) is 6.20. The van der Waals surface area contributed by atoms with Crippen molar-refractivity contribution < 1.29 is 14.6 Å². The van der Waals surface area contributed by atoms with Crippen molar-refractivity contribution >= 4 is 11.7 Å². The van der Waals surface area contributed by atoms with E-state index >= 15 is 0 Å². The van der Waals surface area contributed by atoms with Crippen molar-refractivity contribution in [3.8, 4) is 11.5 Å². The number of hydrogen-bond donors (Lipinski definition) is 2. The number of carbonyl (C=O) groups is 1. The van der Waals surface area contributed by atoms with Crippen LogP contribution in [0.1, 0.15) is 0 Å². The summed E-state index contributed by atoms with van der Waals surface area (Å²) in [7, 11) is 0. The topological polar surface area (TPSA) is 61.8 Å². The van der Waals surface area contributed by atoms with E-state index in [0.717, 1.165) is 0 Å². The molecule has 0 fully saturated rings. The van der Waals surface area contributed by atoms with Gasteiger partial charge in [0.2, 0.25) is 0 Å². The fraction of sp³-hybridized carbons (Fsp3) is 0.167. The molecule has 2 aromatic rings. The van der Waals surface area contributed by atoms with E-state index in [4.69, 9.17) is 9.84 Å². The van der Waals surface area contributed by atoms with E-state index in [1.54, 1.807) is 18.2 Å². The molecule has 0 aliphatic carbocycles. The molecule has 0 unspecified atom stereocenters. The zero-order valence-corrected chi connectivity index (χ0v) is 12.8. The quantitative estimate of drug-likeness (QED) is 0.769. The molecular weight excluding hydrogens is 292 g/mol. The number of ether oxygens (including phenoxy) is 1. The number of anilines is 1. The predicted octanol–water partition coefficient (Wildman–Crippen LogP) is 3.49. The molecule has 2 N–H and O–H groups in total. The SMILES string of the molecule is C=CCN(CCO)C(=O)Nc1ccccc1Oc1ccccc1. The Balaban J connectivity index is 2.13. The average molecular weight is 312 g/mol. The van der Waals surface area contributed by atoms with Gasteiger partial charge in [0, 0.05) is 13.1 Å².